The minimum Gasteiger partial charge on any atom is -0.323 e. The maximum absolute atomic E-state index is 10.4. The van der Waals surface area contributed by atoms with Crippen molar-refractivity contribution in [2.45, 2.75) is 13.3 Å². The molecule has 0 saturated heterocycles. The normalized spacial score (nSPS) is 17.9. The van der Waals surface area contributed by atoms with E-state index in [1.165, 1.54) is 0 Å². The predicted octanol–water partition coefficient (Wildman–Crippen LogP) is 0.472. The van der Waals surface area contributed by atoms with E-state index >= 15 is 0 Å². The maximum Gasteiger partial charge on any atom is 0.344 e. The first-order valence-electron chi connectivity index (χ1n) is 2.32. The minimum absolute atomic E-state index is 0.128. The highest BCUT2D eigenvalue weighted by Crippen LogP contribution is 2.39. The lowest BCUT2D eigenvalue weighted by Crippen LogP contribution is -1.98. The number of rotatable bonds is 3. The monoisotopic (exact) mass is 139 g/mol. The quantitative estimate of drug-likeness (QED) is 0.440. The van der Waals surface area contributed by atoms with E-state index in [1.54, 1.807) is 6.92 Å². The van der Waals surface area contributed by atoms with E-state index in [2.05, 4.69) is 10.5 Å². The fourth-order valence-corrected chi connectivity index (χ4v) is 1.01. The van der Waals surface area contributed by atoms with Crippen molar-refractivity contribution < 1.29 is 14.1 Å². The standard InChI is InChI=1S/C3H10NO3P/c1-2-3-8(5,6)7-4/h2-4H2,1H3,(H,5,6). The molecule has 50 valence electrons. The summed E-state index contributed by atoms with van der Waals surface area (Å²) in [6, 6.07) is 0. The second-order valence-electron chi connectivity index (χ2n) is 1.47. The van der Waals surface area contributed by atoms with Crippen LogP contribution in [0.3, 0.4) is 0 Å². The van der Waals surface area contributed by atoms with Crippen LogP contribution >= 0.6 is 7.60 Å². The van der Waals surface area contributed by atoms with Gasteiger partial charge in [-0.2, -0.15) is 0 Å². The summed E-state index contributed by atoms with van der Waals surface area (Å²) in [5.41, 5.74) is 0. The Kier molecular flexibility index (Phi) is 3.24. The van der Waals surface area contributed by atoms with Crippen LogP contribution in [0.2, 0.25) is 0 Å². The Balaban J connectivity index is 3.55. The molecule has 0 heterocycles. The van der Waals surface area contributed by atoms with Gasteiger partial charge in [-0.15, -0.1) is 0 Å². The van der Waals surface area contributed by atoms with Gasteiger partial charge in [-0.25, -0.2) is 10.5 Å². The van der Waals surface area contributed by atoms with Crippen molar-refractivity contribution in [3.8, 4) is 0 Å². The van der Waals surface area contributed by atoms with E-state index in [9.17, 15) is 4.57 Å². The first-order valence-corrected chi connectivity index (χ1v) is 4.09. The van der Waals surface area contributed by atoms with Gasteiger partial charge in [-0.1, -0.05) is 6.92 Å². The molecule has 0 aliphatic carbocycles. The lowest BCUT2D eigenvalue weighted by atomic mass is 10.6. The Morgan fingerprint density at radius 3 is 2.50 bits per heavy atom. The minimum atomic E-state index is -3.40. The molecule has 0 aromatic heterocycles. The van der Waals surface area contributed by atoms with Gasteiger partial charge in [-0.05, 0) is 6.42 Å². The Bertz CT molecular complexity index is 105. The van der Waals surface area contributed by atoms with Gasteiger partial charge in [0.2, 0.25) is 0 Å². The number of hydrogen-bond acceptors (Lipinski definition) is 3. The lowest BCUT2D eigenvalue weighted by Gasteiger charge is -2.03. The smallest absolute Gasteiger partial charge is 0.323 e. The van der Waals surface area contributed by atoms with Crippen molar-refractivity contribution in [1.82, 2.24) is 0 Å². The number of hydrogen-bond donors (Lipinski definition) is 2. The van der Waals surface area contributed by atoms with Crippen LogP contribution in [0, 0.1) is 0 Å². The third kappa shape index (κ3) is 3.16. The first-order chi connectivity index (χ1) is 3.62. The van der Waals surface area contributed by atoms with Crippen molar-refractivity contribution in [3.05, 3.63) is 0 Å². The maximum atomic E-state index is 10.4. The molecule has 1 unspecified atom stereocenters. The number of nitrogens with two attached hydrogens (primary N) is 1. The third-order valence-electron chi connectivity index (χ3n) is 0.671. The molecule has 0 spiro atoms. The van der Waals surface area contributed by atoms with Crippen molar-refractivity contribution in [2.24, 2.45) is 5.90 Å². The highest BCUT2D eigenvalue weighted by Gasteiger charge is 2.14. The van der Waals surface area contributed by atoms with Crippen molar-refractivity contribution >= 4 is 7.60 Å². The van der Waals surface area contributed by atoms with Crippen LogP contribution in [0.4, 0.5) is 0 Å². The second kappa shape index (κ2) is 3.20. The van der Waals surface area contributed by atoms with Gasteiger partial charge in [0.1, 0.15) is 0 Å². The summed E-state index contributed by atoms with van der Waals surface area (Å²) < 4.78 is 14.2. The van der Waals surface area contributed by atoms with Crippen LogP contribution in [0.25, 0.3) is 0 Å². The molecular formula is C3H10NO3P. The van der Waals surface area contributed by atoms with Crippen molar-refractivity contribution in [2.75, 3.05) is 6.16 Å². The van der Waals surface area contributed by atoms with E-state index in [4.69, 9.17) is 4.89 Å². The van der Waals surface area contributed by atoms with Crippen LogP contribution in [-0.4, -0.2) is 11.1 Å². The van der Waals surface area contributed by atoms with E-state index in [1.807, 2.05) is 0 Å². The predicted molar refractivity (Wildman–Crippen MR) is 30.3 cm³/mol. The molecule has 0 aliphatic heterocycles. The fraction of sp³-hybridized carbons (Fsp3) is 1.00. The summed E-state index contributed by atoms with van der Waals surface area (Å²) >= 11 is 0. The van der Waals surface area contributed by atoms with Crippen LogP contribution in [0.15, 0.2) is 0 Å². The largest absolute Gasteiger partial charge is 0.344 e. The lowest BCUT2D eigenvalue weighted by molar-refractivity contribution is 0.268. The highest BCUT2D eigenvalue weighted by atomic mass is 31.2. The van der Waals surface area contributed by atoms with Gasteiger partial charge >= 0.3 is 7.60 Å². The molecule has 1 atom stereocenters. The molecule has 3 N–H and O–H groups in total. The highest BCUT2D eigenvalue weighted by molar-refractivity contribution is 7.52. The van der Waals surface area contributed by atoms with E-state index in [0.29, 0.717) is 6.42 Å². The molecule has 0 bridgehead atoms. The SMILES string of the molecule is CCCP(=O)(O)ON. The first kappa shape index (κ1) is 8.11. The molecule has 0 aromatic carbocycles. The Morgan fingerprint density at radius 2 is 2.38 bits per heavy atom. The van der Waals surface area contributed by atoms with Gasteiger partial charge < -0.3 is 4.89 Å². The zero-order valence-corrected chi connectivity index (χ0v) is 5.60. The summed E-state index contributed by atoms with van der Waals surface area (Å²) in [5, 5.41) is 0. The molecule has 0 radical (unpaired) electrons. The molecule has 0 saturated carbocycles. The summed E-state index contributed by atoms with van der Waals surface area (Å²) in [6.07, 6.45) is 0.731. The van der Waals surface area contributed by atoms with E-state index in [-0.39, 0.29) is 6.16 Å². The molecule has 0 rings (SSSR count). The molecule has 5 heteroatoms. The molecule has 0 aliphatic rings. The zero-order chi connectivity index (χ0) is 6.62. The van der Waals surface area contributed by atoms with Crippen molar-refractivity contribution in [3.63, 3.8) is 0 Å². The molecule has 0 fully saturated rings. The van der Waals surface area contributed by atoms with Gasteiger partial charge in [-0.3, -0.25) is 4.57 Å². The van der Waals surface area contributed by atoms with Crippen molar-refractivity contribution in [1.29, 1.82) is 0 Å². The zero-order valence-electron chi connectivity index (χ0n) is 4.70. The van der Waals surface area contributed by atoms with E-state index in [0.717, 1.165) is 0 Å². The fourth-order valence-electron chi connectivity index (χ4n) is 0.335. The topological polar surface area (TPSA) is 72.5 Å². The van der Waals surface area contributed by atoms with Crippen LogP contribution in [0.5, 0.6) is 0 Å². The van der Waals surface area contributed by atoms with Crippen LogP contribution in [0.1, 0.15) is 13.3 Å². The summed E-state index contributed by atoms with van der Waals surface area (Å²) in [4.78, 5) is 8.53. The molecular weight excluding hydrogens is 129 g/mol. The summed E-state index contributed by atoms with van der Waals surface area (Å²) in [5.74, 6) is 4.48. The average Bonchev–Trinajstić information content (AvgIpc) is 1.67. The van der Waals surface area contributed by atoms with E-state index < -0.39 is 7.60 Å². The Hall–Kier alpha value is 0.110. The van der Waals surface area contributed by atoms with Gasteiger partial charge in [0.25, 0.3) is 0 Å². The van der Waals surface area contributed by atoms with Gasteiger partial charge in [0, 0.05) is 0 Å². The van der Waals surface area contributed by atoms with Crippen LogP contribution < -0.4 is 5.90 Å². The summed E-state index contributed by atoms with van der Waals surface area (Å²) in [7, 11) is -3.40. The third-order valence-corrected chi connectivity index (χ3v) is 2.01. The molecule has 4 nitrogen and oxygen atoms in total. The molecule has 0 aromatic rings. The Morgan fingerprint density at radius 1 is 1.88 bits per heavy atom. The summed E-state index contributed by atoms with van der Waals surface area (Å²) in [6.45, 7) is 1.78. The molecule has 8 heavy (non-hydrogen) atoms. The average molecular weight is 139 g/mol. The van der Waals surface area contributed by atoms with Gasteiger partial charge in [0.05, 0.1) is 6.16 Å². The van der Waals surface area contributed by atoms with Gasteiger partial charge in [0.15, 0.2) is 0 Å². The Labute approximate surface area is 48.1 Å². The molecule has 0 amide bonds. The van der Waals surface area contributed by atoms with Crippen LogP contribution in [-0.2, 0) is 9.19 Å². The second-order valence-corrected chi connectivity index (χ2v) is 3.40.